The lowest BCUT2D eigenvalue weighted by Gasteiger charge is -2.34. The van der Waals surface area contributed by atoms with Crippen molar-refractivity contribution < 1.29 is 0 Å². The molecule has 4 heteroatoms. The predicted octanol–water partition coefficient (Wildman–Crippen LogP) is 7.20. The Morgan fingerprint density at radius 2 is 1.27 bits per heavy atom. The third kappa shape index (κ3) is 5.50. The van der Waals surface area contributed by atoms with Crippen LogP contribution in [0.1, 0.15) is 55.4 Å². The number of hydrogen-bond donors (Lipinski definition) is 0. The fourth-order valence-corrected chi connectivity index (χ4v) is 4.66. The van der Waals surface area contributed by atoms with Crippen LogP contribution in [0.3, 0.4) is 0 Å². The Balaban J connectivity index is 1.70. The average molecular weight is 489 g/mol. The quantitative estimate of drug-likeness (QED) is 0.220. The van der Waals surface area contributed by atoms with Crippen LogP contribution in [-0.4, -0.2) is 31.9 Å². The van der Waals surface area contributed by atoms with Crippen molar-refractivity contribution in [3.63, 3.8) is 0 Å². The summed E-state index contributed by atoms with van der Waals surface area (Å²) in [7, 11) is 2.22. The molecule has 5 rings (SSSR count). The zero-order valence-corrected chi connectivity index (χ0v) is 22.4. The van der Waals surface area contributed by atoms with Gasteiger partial charge in [0.2, 0.25) is 0 Å². The van der Waals surface area contributed by atoms with E-state index in [1.54, 1.807) is 0 Å². The molecule has 3 aromatic carbocycles. The van der Waals surface area contributed by atoms with Gasteiger partial charge in [-0.2, -0.15) is 0 Å². The van der Waals surface area contributed by atoms with Gasteiger partial charge in [-0.25, -0.2) is 9.97 Å². The van der Waals surface area contributed by atoms with Crippen molar-refractivity contribution in [3.05, 3.63) is 125 Å². The lowest BCUT2D eigenvalue weighted by Crippen LogP contribution is -2.40. The minimum Gasteiger partial charge on any atom is -0.299 e. The highest BCUT2D eigenvalue weighted by Crippen LogP contribution is 2.28. The maximum Gasteiger partial charge on any atom is 0.159 e. The second-order valence-corrected chi connectivity index (χ2v) is 10.5. The van der Waals surface area contributed by atoms with Crippen LogP contribution in [-0.2, 0) is 19.4 Å². The number of benzene rings is 3. The average Bonchev–Trinajstić information content (AvgIpc) is 3.27. The van der Waals surface area contributed by atoms with Crippen molar-refractivity contribution in [2.75, 3.05) is 7.05 Å². The van der Waals surface area contributed by atoms with Gasteiger partial charge >= 0.3 is 0 Å². The van der Waals surface area contributed by atoms with Crippen molar-refractivity contribution in [1.82, 2.24) is 19.3 Å². The van der Waals surface area contributed by atoms with Gasteiger partial charge in [0, 0.05) is 36.7 Å². The summed E-state index contributed by atoms with van der Waals surface area (Å²) >= 11 is 0. The molecule has 0 amide bonds. The van der Waals surface area contributed by atoms with Crippen LogP contribution in [0.4, 0.5) is 0 Å². The highest BCUT2D eigenvalue weighted by Gasteiger charge is 2.25. The molecule has 0 unspecified atom stereocenters. The first-order valence-corrected chi connectivity index (χ1v) is 13.2. The maximum absolute atomic E-state index is 5.27. The SMILES string of the molecule is CCC(C)(C)N(C)Cc1c(Cc2ccccc2)nc2c(Cc3ccccc3)nc(-c3ccccc3)cn12. The van der Waals surface area contributed by atoms with Gasteiger partial charge < -0.3 is 0 Å². The summed E-state index contributed by atoms with van der Waals surface area (Å²) in [4.78, 5) is 12.9. The highest BCUT2D eigenvalue weighted by atomic mass is 15.2. The van der Waals surface area contributed by atoms with Crippen molar-refractivity contribution in [3.8, 4) is 11.3 Å². The third-order valence-electron chi connectivity index (χ3n) is 7.64. The van der Waals surface area contributed by atoms with E-state index in [1.165, 1.54) is 16.8 Å². The summed E-state index contributed by atoms with van der Waals surface area (Å²) in [5, 5.41) is 0. The smallest absolute Gasteiger partial charge is 0.159 e. The van der Waals surface area contributed by atoms with Gasteiger partial charge in [0.15, 0.2) is 5.65 Å². The van der Waals surface area contributed by atoms with Gasteiger partial charge in [-0.1, -0.05) is 97.9 Å². The molecule has 188 valence electrons. The Morgan fingerprint density at radius 3 is 1.84 bits per heavy atom. The molecule has 5 aromatic rings. The van der Waals surface area contributed by atoms with E-state index < -0.39 is 0 Å². The van der Waals surface area contributed by atoms with Crippen molar-refractivity contribution in [2.45, 2.75) is 52.1 Å². The van der Waals surface area contributed by atoms with Crippen molar-refractivity contribution >= 4 is 5.65 Å². The normalized spacial score (nSPS) is 11.9. The molecule has 0 radical (unpaired) electrons. The summed E-state index contributed by atoms with van der Waals surface area (Å²) < 4.78 is 2.31. The van der Waals surface area contributed by atoms with Gasteiger partial charge in [-0.3, -0.25) is 9.30 Å². The third-order valence-corrected chi connectivity index (χ3v) is 7.64. The largest absolute Gasteiger partial charge is 0.299 e. The molecule has 2 aromatic heterocycles. The van der Waals surface area contributed by atoms with E-state index >= 15 is 0 Å². The Kier molecular flexibility index (Phi) is 7.20. The van der Waals surface area contributed by atoms with E-state index in [2.05, 4.69) is 134 Å². The first kappa shape index (κ1) is 24.9. The van der Waals surface area contributed by atoms with E-state index in [0.717, 1.165) is 54.1 Å². The molecular formula is C33H36N4. The zero-order chi connectivity index (χ0) is 25.8. The molecule has 0 fully saturated rings. The fourth-order valence-electron chi connectivity index (χ4n) is 4.66. The molecule has 0 atom stereocenters. The number of fused-ring (bicyclic) bond motifs is 1. The van der Waals surface area contributed by atoms with E-state index in [1.807, 2.05) is 0 Å². The van der Waals surface area contributed by atoms with Crippen LogP contribution in [0.25, 0.3) is 16.9 Å². The summed E-state index contributed by atoms with van der Waals surface area (Å²) in [5.74, 6) is 0. The minimum absolute atomic E-state index is 0.0797. The van der Waals surface area contributed by atoms with Crippen LogP contribution in [0.2, 0.25) is 0 Å². The number of hydrogen-bond acceptors (Lipinski definition) is 3. The second-order valence-electron chi connectivity index (χ2n) is 10.5. The van der Waals surface area contributed by atoms with Gasteiger partial charge in [-0.05, 0) is 38.4 Å². The van der Waals surface area contributed by atoms with E-state index in [4.69, 9.17) is 9.97 Å². The molecular weight excluding hydrogens is 452 g/mol. The molecule has 0 spiro atoms. The molecule has 0 saturated carbocycles. The number of rotatable bonds is 9. The molecule has 2 heterocycles. The van der Waals surface area contributed by atoms with Crippen LogP contribution in [0, 0.1) is 0 Å². The summed E-state index contributed by atoms with van der Waals surface area (Å²) in [6.07, 6.45) is 4.79. The highest BCUT2D eigenvalue weighted by molar-refractivity contribution is 5.62. The first-order chi connectivity index (χ1) is 17.9. The molecule has 0 bridgehead atoms. The van der Waals surface area contributed by atoms with Crippen LogP contribution in [0.15, 0.2) is 97.2 Å². The number of nitrogens with zero attached hydrogens (tertiary/aromatic N) is 4. The summed E-state index contributed by atoms with van der Waals surface area (Å²) in [5.41, 5.74) is 8.98. The fraction of sp³-hybridized carbons (Fsp3) is 0.273. The second kappa shape index (κ2) is 10.7. The van der Waals surface area contributed by atoms with Crippen molar-refractivity contribution in [2.24, 2.45) is 0 Å². The molecule has 0 N–H and O–H groups in total. The Hall–Kier alpha value is -3.76. The minimum atomic E-state index is 0.0797. The van der Waals surface area contributed by atoms with Crippen LogP contribution >= 0.6 is 0 Å². The van der Waals surface area contributed by atoms with Gasteiger partial charge in [0.05, 0.1) is 22.8 Å². The number of aromatic nitrogens is 3. The Bertz CT molecular complexity index is 1450. The van der Waals surface area contributed by atoms with E-state index in [-0.39, 0.29) is 5.54 Å². The molecule has 0 aliphatic heterocycles. The lowest BCUT2D eigenvalue weighted by molar-refractivity contribution is 0.140. The van der Waals surface area contributed by atoms with Gasteiger partial charge in [0.1, 0.15) is 0 Å². The Morgan fingerprint density at radius 1 is 0.730 bits per heavy atom. The van der Waals surface area contributed by atoms with E-state index in [9.17, 15) is 0 Å². The zero-order valence-electron chi connectivity index (χ0n) is 22.4. The van der Waals surface area contributed by atoms with Crippen LogP contribution in [0.5, 0.6) is 0 Å². The molecule has 0 aliphatic rings. The van der Waals surface area contributed by atoms with Crippen LogP contribution < -0.4 is 0 Å². The summed E-state index contributed by atoms with van der Waals surface area (Å²) in [6.45, 7) is 7.69. The molecule has 0 saturated heterocycles. The van der Waals surface area contributed by atoms with Gasteiger partial charge in [0.25, 0.3) is 0 Å². The molecule has 4 nitrogen and oxygen atoms in total. The monoisotopic (exact) mass is 488 g/mol. The van der Waals surface area contributed by atoms with Gasteiger partial charge in [-0.15, -0.1) is 0 Å². The maximum atomic E-state index is 5.27. The van der Waals surface area contributed by atoms with E-state index in [0.29, 0.717) is 0 Å². The number of imidazole rings is 1. The topological polar surface area (TPSA) is 33.4 Å². The molecule has 0 aliphatic carbocycles. The standard InChI is InChI=1S/C33H36N4/c1-5-33(2,3)36(4)24-31-28(21-25-15-9-6-10-16-25)35-32-29(22-26-17-11-7-12-18-26)34-30(23-37(31)32)27-19-13-8-14-20-27/h6-20,23H,5,21-22,24H2,1-4H3. The Labute approximate surface area is 220 Å². The van der Waals surface area contributed by atoms with Crippen molar-refractivity contribution in [1.29, 1.82) is 0 Å². The first-order valence-electron chi connectivity index (χ1n) is 13.2. The summed E-state index contributed by atoms with van der Waals surface area (Å²) in [6, 6.07) is 31.7. The lowest BCUT2D eigenvalue weighted by atomic mass is 9.99. The molecule has 37 heavy (non-hydrogen) atoms. The predicted molar refractivity (Wildman–Crippen MR) is 153 cm³/mol.